The third kappa shape index (κ3) is 11.7. The molecule has 262 valence electrons. The van der Waals surface area contributed by atoms with Gasteiger partial charge in [-0.25, -0.2) is 10.4 Å². The highest BCUT2D eigenvalue weighted by atomic mass is 35.5. The number of hydrogen-bond acceptors (Lipinski definition) is 10. The number of alkyl halides is 3. The van der Waals surface area contributed by atoms with Crippen LogP contribution in [0.25, 0.3) is 0 Å². The van der Waals surface area contributed by atoms with E-state index in [9.17, 15) is 13.2 Å². The van der Waals surface area contributed by atoms with E-state index in [2.05, 4.69) is 77.3 Å². The lowest BCUT2D eigenvalue weighted by atomic mass is 9.60. The van der Waals surface area contributed by atoms with E-state index >= 15 is 0 Å². The lowest BCUT2D eigenvalue weighted by Crippen LogP contribution is -2.50. The summed E-state index contributed by atoms with van der Waals surface area (Å²) in [6, 6.07) is 5.59. The van der Waals surface area contributed by atoms with Gasteiger partial charge >= 0.3 is 6.18 Å². The third-order valence-corrected chi connectivity index (χ3v) is 8.92. The fourth-order valence-electron chi connectivity index (χ4n) is 6.39. The van der Waals surface area contributed by atoms with Gasteiger partial charge in [0.15, 0.2) is 0 Å². The Morgan fingerprint density at radius 1 is 1.13 bits per heavy atom. The minimum Gasteiger partial charge on any atom is -0.364 e. The number of aromatic nitrogens is 2. The third-order valence-electron chi connectivity index (χ3n) is 7.62. The van der Waals surface area contributed by atoms with Crippen molar-refractivity contribution in [3.8, 4) is 0 Å². The van der Waals surface area contributed by atoms with Crippen molar-refractivity contribution in [2.75, 3.05) is 6.54 Å². The van der Waals surface area contributed by atoms with Gasteiger partial charge in [0, 0.05) is 29.2 Å². The lowest BCUT2D eigenvalue weighted by molar-refractivity contribution is -0.139. The maximum Gasteiger partial charge on any atom is 0.420 e. The Morgan fingerprint density at radius 2 is 1.80 bits per heavy atom. The van der Waals surface area contributed by atoms with Crippen LogP contribution in [0.5, 0.6) is 0 Å². The summed E-state index contributed by atoms with van der Waals surface area (Å²) in [6.07, 6.45) is 4.68. The smallest absolute Gasteiger partial charge is 0.364 e. The molecule has 0 aromatic carbocycles. The van der Waals surface area contributed by atoms with Crippen molar-refractivity contribution in [1.82, 2.24) is 31.5 Å². The van der Waals surface area contributed by atoms with E-state index in [4.69, 9.17) is 22.3 Å². The van der Waals surface area contributed by atoms with Crippen LogP contribution in [0.4, 0.5) is 13.2 Å². The van der Waals surface area contributed by atoms with E-state index in [-0.39, 0.29) is 21.9 Å². The molecule has 4 rings (SSSR count). The van der Waals surface area contributed by atoms with Gasteiger partial charge in [0.1, 0.15) is 10.7 Å². The van der Waals surface area contributed by atoms with Crippen LogP contribution in [0.3, 0.4) is 0 Å². The van der Waals surface area contributed by atoms with Crippen molar-refractivity contribution in [2.24, 2.45) is 21.7 Å². The number of pyridine rings is 2. The molecule has 3 heterocycles. The molecule has 1 spiro atoms. The van der Waals surface area contributed by atoms with Gasteiger partial charge in [-0.2, -0.15) is 13.2 Å². The van der Waals surface area contributed by atoms with E-state index in [1.807, 2.05) is 33.9 Å². The molecule has 1 saturated heterocycles. The Hall–Kier alpha value is -1.74. The first kappa shape index (κ1) is 42.3. The highest BCUT2D eigenvalue weighted by Crippen LogP contribution is 2.59. The highest BCUT2D eigenvalue weighted by Gasteiger charge is 2.51. The molecule has 0 saturated carbocycles. The lowest BCUT2D eigenvalue weighted by Gasteiger charge is -2.45. The predicted molar refractivity (Wildman–Crippen MR) is 190 cm³/mol. The molecule has 0 amide bonds. The van der Waals surface area contributed by atoms with Crippen LogP contribution in [-0.2, 0) is 12.6 Å². The van der Waals surface area contributed by atoms with Crippen LogP contribution < -0.4 is 32.4 Å². The first-order valence-corrected chi connectivity index (χ1v) is 17.6. The summed E-state index contributed by atoms with van der Waals surface area (Å²) in [4.78, 5) is 8.27. The number of nitrogens with one attached hydrogen (secondary N) is 4. The second-order valence-corrected chi connectivity index (χ2v) is 13.3. The van der Waals surface area contributed by atoms with Crippen LogP contribution in [-0.4, -0.2) is 28.8 Å². The first-order chi connectivity index (χ1) is 21.8. The monoisotopic (exact) mass is 706 g/mol. The number of fused-ring (bicyclic) bond motifs is 1. The van der Waals surface area contributed by atoms with Crippen molar-refractivity contribution in [1.29, 1.82) is 0 Å². The fourth-order valence-corrected chi connectivity index (χ4v) is 7.76. The number of hydrazine groups is 1. The molecule has 0 radical (unpaired) electrons. The summed E-state index contributed by atoms with van der Waals surface area (Å²) >= 11 is 9.71. The summed E-state index contributed by atoms with van der Waals surface area (Å²) in [5.74, 6) is 0.447. The molecule has 2 aromatic rings. The minimum atomic E-state index is -4.64. The van der Waals surface area contributed by atoms with Gasteiger partial charge in [0.25, 0.3) is 0 Å². The van der Waals surface area contributed by atoms with E-state index < -0.39 is 23.1 Å². The SMILES string of the molecule is CC.CC.CC(N)N/C(=C\NNC1CCCC2(CCN1)Cc1ncccc1C2C(C)(C)C)Sc1ccnc(Cl)c1C(F)(F)F.NS. The van der Waals surface area contributed by atoms with Crippen molar-refractivity contribution in [3.05, 3.63) is 63.8 Å². The number of thiol groups is 1. The molecule has 0 bridgehead atoms. The average Bonchev–Trinajstić information content (AvgIpc) is 3.33. The summed E-state index contributed by atoms with van der Waals surface area (Å²) in [7, 11) is 0. The zero-order valence-electron chi connectivity index (χ0n) is 28.4. The maximum atomic E-state index is 13.6. The molecular weight excluding hydrogens is 653 g/mol. The molecule has 1 aliphatic heterocycles. The Kier molecular flexibility index (Phi) is 18.3. The number of halogens is 4. The Morgan fingerprint density at radius 3 is 2.41 bits per heavy atom. The number of nitrogens with two attached hydrogens (primary N) is 2. The fraction of sp³-hybridized carbons (Fsp3) is 0.625. The van der Waals surface area contributed by atoms with Crippen molar-refractivity contribution in [3.63, 3.8) is 0 Å². The summed E-state index contributed by atoms with van der Waals surface area (Å²) in [5, 5.41) is 10.6. The molecule has 2 aromatic heterocycles. The number of rotatable bonds is 7. The zero-order chi connectivity index (χ0) is 35.1. The van der Waals surface area contributed by atoms with Crippen LogP contribution in [0.15, 0.2) is 46.7 Å². The largest absolute Gasteiger partial charge is 0.420 e. The molecule has 8 N–H and O–H groups in total. The van der Waals surface area contributed by atoms with Crippen LogP contribution in [0.2, 0.25) is 5.15 Å². The quantitative estimate of drug-likeness (QED) is 0.0509. The summed E-state index contributed by atoms with van der Waals surface area (Å²) < 4.78 is 40.9. The van der Waals surface area contributed by atoms with Gasteiger partial charge in [-0.15, -0.1) is 12.8 Å². The highest BCUT2D eigenvalue weighted by molar-refractivity contribution is 8.03. The maximum absolute atomic E-state index is 13.6. The molecule has 14 heteroatoms. The van der Waals surface area contributed by atoms with Crippen LogP contribution in [0.1, 0.15) is 104 Å². The van der Waals surface area contributed by atoms with Gasteiger partial charge in [0.2, 0.25) is 0 Å². The first-order valence-electron chi connectivity index (χ1n) is 15.9. The molecule has 4 unspecified atom stereocenters. The van der Waals surface area contributed by atoms with Gasteiger partial charge in [0.05, 0.1) is 17.4 Å². The van der Waals surface area contributed by atoms with E-state index in [1.165, 1.54) is 23.5 Å². The topological polar surface area (TPSA) is 126 Å². The predicted octanol–water partition coefficient (Wildman–Crippen LogP) is 7.73. The summed E-state index contributed by atoms with van der Waals surface area (Å²) in [6.45, 7) is 17.5. The number of hydrogen-bond donors (Lipinski definition) is 7. The van der Waals surface area contributed by atoms with Crippen LogP contribution >= 0.6 is 36.2 Å². The second kappa shape index (κ2) is 19.9. The van der Waals surface area contributed by atoms with Gasteiger partial charge < -0.3 is 21.8 Å². The van der Waals surface area contributed by atoms with E-state index in [0.29, 0.717) is 10.9 Å². The zero-order valence-corrected chi connectivity index (χ0v) is 30.8. The van der Waals surface area contributed by atoms with Crippen molar-refractivity contribution >= 4 is 36.2 Å². The second-order valence-electron chi connectivity index (χ2n) is 11.8. The van der Waals surface area contributed by atoms with E-state index in [1.54, 1.807) is 13.1 Å². The van der Waals surface area contributed by atoms with Crippen molar-refractivity contribution in [2.45, 2.75) is 117 Å². The number of thioether (sulfide) groups is 1. The van der Waals surface area contributed by atoms with Gasteiger partial charge in [-0.3, -0.25) is 10.1 Å². The molecule has 1 aliphatic carbocycles. The molecule has 46 heavy (non-hydrogen) atoms. The molecule has 1 fully saturated rings. The molecular formula is C32H54ClF3N8S2. The number of nitrogens with zero attached hydrogens (tertiary/aromatic N) is 2. The average molecular weight is 707 g/mol. The molecule has 8 nitrogen and oxygen atoms in total. The minimum absolute atomic E-state index is 0.00811. The van der Waals surface area contributed by atoms with Gasteiger partial charge in [-0.1, -0.05) is 77.9 Å². The van der Waals surface area contributed by atoms with Crippen LogP contribution in [0, 0.1) is 10.8 Å². The van der Waals surface area contributed by atoms with Gasteiger partial charge in [-0.05, 0) is 80.0 Å². The van der Waals surface area contributed by atoms with E-state index in [0.717, 1.165) is 50.4 Å². The molecule has 2 aliphatic rings. The summed E-state index contributed by atoms with van der Waals surface area (Å²) in [5.41, 5.74) is 14.2. The Bertz CT molecular complexity index is 1200. The molecule has 4 atom stereocenters. The Balaban J connectivity index is 0.00000166. The standard InChI is InChI=1S/C28H39ClF3N7S.2C2H6.H3NS/c1-17(33)38-22(40-20-9-13-36-25(29)23(20)28(30,31)32)16-37-39-21-8-5-10-27(11-14-35-21)15-19-18(7-6-12-34-19)24(27)26(2,3)4;3*1-2/h6-7,9,12-13,16-17,21,24,35,37-39H,5,8,10-11,14-15,33H2,1-4H3;2*1-2H3;2H,1H2/b22-16+;;;. The normalized spacial score (nSPS) is 21.9. The van der Waals surface area contributed by atoms with Crippen molar-refractivity contribution < 1.29 is 13.2 Å². The Labute approximate surface area is 288 Å².